The van der Waals surface area contributed by atoms with Crippen LogP contribution in [0.1, 0.15) is 0 Å². The van der Waals surface area contributed by atoms with Gasteiger partial charge in [-0.3, -0.25) is 0 Å². The summed E-state index contributed by atoms with van der Waals surface area (Å²) in [6.07, 6.45) is 0. The second-order valence-electron chi connectivity index (χ2n) is 2.37. The molecule has 0 bridgehead atoms. The molecule has 80 valence electrons. The van der Waals surface area contributed by atoms with Crippen LogP contribution >= 0.6 is 0 Å². The summed E-state index contributed by atoms with van der Waals surface area (Å²) >= 11 is 0. The van der Waals surface area contributed by atoms with Crippen LogP contribution in [0.25, 0.3) is 0 Å². The van der Waals surface area contributed by atoms with Crippen LogP contribution in [0.3, 0.4) is 0 Å². The Balaban J connectivity index is 3.17. The molecule has 0 atom stereocenters. The number of rotatable bonds is 2. The SMILES string of the molecule is NC(N)=Nc1nc(N)nc(N=C(N)N)n1. The van der Waals surface area contributed by atoms with Crippen LogP contribution in [0.4, 0.5) is 17.8 Å². The van der Waals surface area contributed by atoms with Gasteiger partial charge in [-0.1, -0.05) is 0 Å². The second kappa shape index (κ2) is 4.04. The van der Waals surface area contributed by atoms with E-state index >= 15 is 0 Å². The van der Waals surface area contributed by atoms with Crippen LogP contribution in [0, 0.1) is 0 Å². The molecule has 1 heterocycles. The lowest BCUT2D eigenvalue weighted by Gasteiger charge is -1.97. The average Bonchev–Trinajstić information content (AvgIpc) is 1.98. The highest BCUT2D eigenvalue weighted by atomic mass is 15.2. The van der Waals surface area contributed by atoms with Crippen molar-refractivity contribution in [1.82, 2.24) is 15.0 Å². The van der Waals surface area contributed by atoms with E-state index in [9.17, 15) is 0 Å². The van der Waals surface area contributed by atoms with E-state index in [0.717, 1.165) is 0 Å². The molecule has 0 aromatic carbocycles. The summed E-state index contributed by atoms with van der Waals surface area (Å²) in [5, 5.41) is 0. The maximum atomic E-state index is 5.35. The number of hydrogen-bond acceptors (Lipinski definition) is 6. The maximum absolute atomic E-state index is 5.35. The number of aliphatic imine (C=N–C) groups is 2. The van der Waals surface area contributed by atoms with Gasteiger partial charge >= 0.3 is 0 Å². The molecule has 1 aromatic heterocycles. The van der Waals surface area contributed by atoms with Crippen molar-refractivity contribution < 1.29 is 0 Å². The number of nitrogens with two attached hydrogens (primary N) is 5. The van der Waals surface area contributed by atoms with Gasteiger partial charge in [0.2, 0.25) is 5.95 Å². The molecule has 10 heteroatoms. The van der Waals surface area contributed by atoms with E-state index in [1.54, 1.807) is 0 Å². The Morgan fingerprint density at radius 3 is 1.53 bits per heavy atom. The third kappa shape index (κ3) is 3.30. The zero-order valence-corrected chi connectivity index (χ0v) is 7.62. The van der Waals surface area contributed by atoms with E-state index in [4.69, 9.17) is 28.7 Å². The van der Waals surface area contributed by atoms with Crippen LogP contribution in [0.5, 0.6) is 0 Å². The van der Waals surface area contributed by atoms with Gasteiger partial charge in [0, 0.05) is 0 Å². The highest BCUT2D eigenvalue weighted by Crippen LogP contribution is 2.11. The molecule has 0 aliphatic heterocycles. The first-order valence-electron chi connectivity index (χ1n) is 3.68. The van der Waals surface area contributed by atoms with E-state index < -0.39 is 0 Å². The molecule has 1 rings (SSSR count). The fourth-order valence-corrected chi connectivity index (χ4v) is 0.700. The first kappa shape index (κ1) is 10.4. The van der Waals surface area contributed by atoms with Crippen molar-refractivity contribution in [3.05, 3.63) is 0 Å². The van der Waals surface area contributed by atoms with Gasteiger partial charge in [0.1, 0.15) is 0 Å². The fraction of sp³-hybridized carbons (Fsp3) is 0. The third-order valence-electron chi connectivity index (χ3n) is 1.09. The van der Waals surface area contributed by atoms with E-state index in [1.165, 1.54) is 0 Å². The smallest absolute Gasteiger partial charge is 0.259 e. The zero-order chi connectivity index (χ0) is 11.4. The summed E-state index contributed by atoms with van der Waals surface area (Å²) in [5.41, 5.74) is 25.9. The Kier molecular flexibility index (Phi) is 2.81. The fourth-order valence-electron chi connectivity index (χ4n) is 0.700. The highest BCUT2D eigenvalue weighted by molar-refractivity contribution is 5.79. The van der Waals surface area contributed by atoms with Crippen LogP contribution in [-0.4, -0.2) is 26.9 Å². The van der Waals surface area contributed by atoms with Crippen molar-refractivity contribution in [1.29, 1.82) is 0 Å². The summed E-state index contributed by atoms with van der Waals surface area (Å²) in [5.74, 6) is -0.650. The minimum absolute atomic E-state index is 0.0671. The number of nitrogens with zero attached hydrogens (tertiary/aromatic N) is 5. The minimum atomic E-state index is -0.212. The van der Waals surface area contributed by atoms with Crippen molar-refractivity contribution in [3.8, 4) is 0 Å². The van der Waals surface area contributed by atoms with Gasteiger partial charge in [-0.25, -0.2) is 0 Å². The van der Waals surface area contributed by atoms with E-state index in [1.807, 2.05) is 0 Å². The number of anilines is 1. The first-order valence-corrected chi connectivity index (χ1v) is 3.68. The quantitative estimate of drug-likeness (QED) is 0.256. The minimum Gasteiger partial charge on any atom is -0.370 e. The van der Waals surface area contributed by atoms with Gasteiger partial charge in [0.15, 0.2) is 11.9 Å². The molecular formula is C5H10N10. The molecule has 0 spiro atoms. The molecule has 0 unspecified atom stereocenters. The maximum Gasteiger partial charge on any atom is 0.259 e. The number of hydrogen-bond donors (Lipinski definition) is 5. The zero-order valence-electron chi connectivity index (χ0n) is 7.62. The van der Waals surface area contributed by atoms with Crippen LogP contribution < -0.4 is 28.7 Å². The largest absolute Gasteiger partial charge is 0.370 e. The predicted molar refractivity (Wildman–Crippen MR) is 55.2 cm³/mol. The van der Waals surface area contributed by atoms with Gasteiger partial charge in [0.25, 0.3) is 11.9 Å². The summed E-state index contributed by atoms with van der Waals surface area (Å²) in [6.45, 7) is 0. The molecule has 0 saturated carbocycles. The predicted octanol–water partition coefficient (Wildman–Crippen LogP) is -2.74. The van der Waals surface area contributed by atoms with Gasteiger partial charge in [0.05, 0.1) is 0 Å². The summed E-state index contributed by atoms with van der Waals surface area (Å²) in [4.78, 5) is 18.1. The lowest BCUT2D eigenvalue weighted by Crippen LogP contribution is -2.23. The Labute approximate surface area is 84.3 Å². The van der Waals surface area contributed by atoms with E-state index in [2.05, 4.69) is 24.9 Å². The molecule has 0 saturated heterocycles. The van der Waals surface area contributed by atoms with E-state index in [-0.39, 0.29) is 29.8 Å². The molecule has 10 nitrogen and oxygen atoms in total. The lowest BCUT2D eigenvalue weighted by atomic mass is 10.8. The number of guanidine groups is 2. The molecule has 0 aliphatic rings. The van der Waals surface area contributed by atoms with Gasteiger partial charge in [-0.05, 0) is 0 Å². The summed E-state index contributed by atoms with van der Waals surface area (Å²) in [6, 6.07) is 0. The topological polar surface area (TPSA) is 193 Å². The van der Waals surface area contributed by atoms with E-state index in [0.29, 0.717) is 0 Å². The molecule has 10 N–H and O–H groups in total. The molecule has 0 amide bonds. The van der Waals surface area contributed by atoms with Crippen molar-refractivity contribution in [2.24, 2.45) is 32.9 Å². The van der Waals surface area contributed by atoms with Crippen molar-refractivity contribution >= 4 is 29.8 Å². The van der Waals surface area contributed by atoms with Crippen LogP contribution in [0.15, 0.2) is 9.98 Å². The molecule has 1 aromatic rings. The van der Waals surface area contributed by atoms with Crippen LogP contribution in [-0.2, 0) is 0 Å². The third-order valence-corrected chi connectivity index (χ3v) is 1.09. The van der Waals surface area contributed by atoms with Crippen molar-refractivity contribution in [3.63, 3.8) is 0 Å². The van der Waals surface area contributed by atoms with Gasteiger partial charge in [-0.15, -0.1) is 0 Å². The number of nitrogen functional groups attached to an aromatic ring is 1. The Morgan fingerprint density at radius 1 is 0.800 bits per heavy atom. The van der Waals surface area contributed by atoms with Crippen molar-refractivity contribution in [2.45, 2.75) is 0 Å². The average molecular weight is 210 g/mol. The Bertz CT molecular complexity index is 376. The lowest BCUT2D eigenvalue weighted by molar-refractivity contribution is 1.03. The van der Waals surface area contributed by atoms with Crippen molar-refractivity contribution in [2.75, 3.05) is 5.73 Å². The Hall–Kier alpha value is -2.65. The number of aromatic nitrogens is 3. The first-order chi connectivity index (χ1) is 6.97. The normalized spacial score (nSPS) is 9.33. The Morgan fingerprint density at radius 2 is 1.20 bits per heavy atom. The summed E-state index contributed by atoms with van der Waals surface area (Å²) < 4.78 is 0. The van der Waals surface area contributed by atoms with Gasteiger partial charge < -0.3 is 28.7 Å². The second-order valence-corrected chi connectivity index (χ2v) is 2.37. The molecule has 0 radical (unpaired) electrons. The highest BCUT2D eigenvalue weighted by Gasteiger charge is 2.02. The molecule has 0 fully saturated rings. The molecular weight excluding hydrogens is 200 g/mol. The molecule has 0 aliphatic carbocycles. The molecule has 15 heavy (non-hydrogen) atoms. The standard InChI is InChI=1S/C5H10N10/c6-1(7)11-4-13-3(10)14-5(15-4)12-2(8)9/h(H10,6,7,8,9,10,11,12,13,14,15). The summed E-state index contributed by atoms with van der Waals surface area (Å²) in [7, 11) is 0. The van der Waals surface area contributed by atoms with Gasteiger partial charge in [-0.2, -0.15) is 24.9 Å². The van der Waals surface area contributed by atoms with Crippen LogP contribution in [0.2, 0.25) is 0 Å². The monoisotopic (exact) mass is 210 g/mol.